The van der Waals surface area contributed by atoms with Crippen LogP contribution in [0.4, 0.5) is 17.1 Å². The Morgan fingerprint density at radius 1 is 0.396 bits per heavy atom. The Balaban J connectivity index is 1.13. The monoisotopic (exact) mass is 678 g/mol. The molecule has 2 nitrogen and oxygen atoms in total. The maximum absolute atomic E-state index is 2.44. The number of aromatic nitrogens is 1. The van der Waals surface area contributed by atoms with E-state index in [2.05, 4.69) is 217 Å². The molecule has 0 bridgehead atoms. The molecular weight excluding hydrogens is 641 g/mol. The van der Waals surface area contributed by atoms with Gasteiger partial charge in [-0.2, -0.15) is 0 Å². The van der Waals surface area contributed by atoms with Gasteiger partial charge in [0.1, 0.15) is 0 Å². The molecule has 10 rings (SSSR count). The highest BCUT2D eigenvalue weighted by Crippen LogP contribution is 2.54. The molecule has 1 aromatic heterocycles. The smallest absolute Gasteiger partial charge is 0.0543 e. The zero-order valence-corrected chi connectivity index (χ0v) is 29.9. The molecule has 0 unspecified atom stereocenters. The molecule has 252 valence electrons. The summed E-state index contributed by atoms with van der Waals surface area (Å²) in [5.41, 5.74) is 17.1. The van der Waals surface area contributed by atoms with Gasteiger partial charge in [-0.15, -0.1) is 0 Å². The van der Waals surface area contributed by atoms with Crippen molar-refractivity contribution in [2.75, 3.05) is 4.90 Å². The van der Waals surface area contributed by atoms with Crippen LogP contribution in [0.25, 0.3) is 60.9 Å². The van der Waals surface area contributed by atoms with Crippen molar-refractivity contribution in [2.24, 2.45) is 0 Å². The quantitative estimate of drug-likeness (QED) is 0.170. The summed E-state index contributed by atoms with van der Waals surface area (Å²) in [6.45, 7) is 4.70. The normalized spacial score (nSPS) is 12.9. The van der Waals surface area contributed by atoms with Crippen LogP contribution >= 0.6 is 0 Å². The van der Waals surface area contributed by atoms with Gasteiger partial charge in [0, 0.05) is 38.7 Å². The van der Waals surface area contributed by atoms with E-state index in [1.807, 2.05) is 0 Å². The average molecular weight is 679 g/mol. The Hall–Kier alpha value is -6.64. The van der Waals surface area contributed by atoms with Crippen molar-refractivity contribution in [3.8, 4) is 39.1 Å². The van der Waals surface area contributed by atoms with Gasteiger partial charge in [-0.05, 0) is 81.9 Å². The molecule has 2 heteroatoms. The van der Waals surface area contributed by atoms with E-state index in [-0.39, 0.29) is 5.41 Å². The van der Waals surface area contributed by atoms with Crippen LogP contribution < -0.4 is 4.90 Å². The third-order valence-electron chi connectivity index (χ3n) is 11.2. The number of fused-ring (bicyclic) bond motifs is 6. The Morgan fingerprint density at radius 3 is 1.58 bits per heavy atom. The second-order valence-electron chi connectivity index (χ2n) is 14.6. The van der Waals surface area contributed by atoms with Crippen LogP contribution in [0.3, 0.4) is 0 Å². The molecule has 0 atom stereocenters. The van der Waals surface area contributed by atoms with Gasteiger partial charge in [0.25, 0.3) is 0 Å². The van der Waals surface area contributed by atoms with E-state index in [1.165, 1.54) is 77.7 Å². The topological polar surface area (TPSA) is 8.17 Å². The Labute approximate surface area is 310 Å². The SMILES string of the molecule is CC1(C)c2ccccc2-c2c(N(c3ccc(-c4ccccc4)cc3)c3ccc(-c4ccccc4-n4c5ccccc5c5ccccc54)cc3)cccc21. The average Bonchev–Trinajstić information content (AvgIpc) is 3.68. The summed E-state index contributed by atoms with van der Waals surface area (Å²) < 4.78 is 2.42. The van der Waals surface area contributed by atoms with Gasteiger partial charge in [-0.1, -0.05) is 159 Å². The molecule has 53 heavy (non-hydrogen) atoms. The lowest BCUT2D eigenvalue weighted by atomic mass is 9.82. The van der Waals surface area contributed by atoms with E-state index < -0.39 is 0 Å². The largest absolute Gasteiger partial charge is 0.310 e. The molecule has 0 spiro atoms. The molecule has 0 saturated carbocycles. The summed E-state index contributed by atoms with van der Waals surface area (Å²) in [5.74, 6) is 0. The van der Waals surface area contributed by atoms with Crippen molar-refractivity contribution in [1.82, 2.24) is 4.57 Å². The van der Waals surface area contributed by atoms with Crippen molar-refractivity contribution < 1.29 is 0 Å². The van der Waals surface area contributed by atoms with E-state index in [0.717, 1.165) is 11.4 Å². The minimum atomic E-state index is -0.0921. The van der Waals surface area contributed by atoms with Gasteiger partial charge < -0.3 is 9.47 Å². The van der Waals surface area contributed by atoms with Crippen molar-refractivity contribution in [3.05, 3.63) is 205 Å². The second kappa shape index (κ2) is 12.3. The Kier molecular flexibility index (Phi) is 7.19. The zero-order chi connectivity index (χ0) is 35.5. The number of nitrogens with zero attached hydrogens (tertiary/aromatic N) is 2. The van der Waals surface area contributed by atoms with Crippen LogP contribution in [-0.4, -0.2) is 4.57 Å². The third-order valence-corrected chi connectivity index (χ3v) is 11.2. The van der Waals surface area contributed by atoms with E-state index in [0.29, 0.717) is 0 Å². The summed E-state index contributed by atoms with van der Waals surface area (Å²) >= 11 is 0. The van der Waals surface area contributed by atoms with Crippen molar-refractivity contribution in [1.29, 1.82) is 0 Å². The van der Waals surface area contributed by atoms with Crippen molar-refractivity contribution >= 4 is 38.9 Å². The number of rotatable bonds is 6. The number of benzene rings is 8. The number of para-hydroxylation sites is 3. The van der Waals surface area contributed by atoms with Crippen LogP contribution in [0.2, 0.25) is 0 Å². The number of hydrogen-bond acceptors (Lipinski definition) is 1. The highest BCUT2D eigenvalue weighted by molar-refractivity contribution is 6.09. The van der Waals surface area contributed by atoms with Gasteiger partial charge in [-0.3, -0.25) is 0 Å². The fourth-order valence-electron chi connectivity index (χ4n) is 8.67. The molecule has 9 aromatic rings. The molecule has 1 aliphatic rings. The summed E-state index contributed by atoms with van der Waals surface area (Å²) in [7, 11) is 0. The van der Waals surface area contributed by atoms with E-state index >= 15 is 0 Å². The first-order valence-electron chi connectivity index (χ1n) is 18.4. The van der Waals surface area contributed by atoms with Gasteiger partial charge >= 0.3 is 0 Å². The van der Waals surface area contributed by atoms with Crippen molar-refractivity contribution in [2.45, 2.75) is 19.3 Å². The van der Waals surface area contributed by atoms with Gasteiger partial charge in [0.2, 0.25) is 0 Å². The van der Waals surface area contributed by atoms with E-state index in [9.17, 15) is 0 Å². The van der Waals surface area contributed by atoms with E-state index in [1.54, 1.807) is 0 Å². The molecule has 0 fully saturated rings. The van der Waals surface area contributed by atoms with Gasteiger partial charge in [0.05, 0.1) is 22.4 Å². The summed E-state index contributed by atoms with van der Waals surface area (Å²) in [5, 5.41) is 2.53. The fourth-order valence-corrected chi connectivity index (χ4v) is 8.67. The summed E-state index contributed by atoms with van der Waals surface area (Å²) in [4.78, 5) is 2.44. The minimum absolute atomic E-state index is 0.0921. The standard InChI is InChI=1S/C51H38N2/c1-51(2)44-21-10-6-20-43(44)50-45(51)22-14-26-49(50)52(38-31-27-36(28-32-38)35-15-4-3-5-16-35)39-33-29-37(30-34-39)40-17-7-11-23-46(40)53-47-24-12-8-18-41(47)42-19-9-13-25-48(42)53/h3-34H,1-2H3. The maximum Gasteiger partial charge on any atom is 0.0543 e. The lowest BCUT2D eigenvalue weighted by molar-refractivity contribution is 0.660. The Bertz CT molecular complexity index is 2730. The first kappa shape index (κ1) is 31.1. The predicted octanol–water partition coefficient (Wildman–Crippen LogP) is 13.9. The third kappa shape index (κ3) is 4.94. The molecule has 0 N–H and O–H groups in total. The van der Waals surface area contributed by atoms with Crippen LogP contribution in [-0.2, 0) is 5.41 Å². The summed E-state index contributed by atoms with van der Waals surface area (Å²) in [6.07, 6.45) is 0. The number of hydrogen-bond donors (Lipinski definition) is 0. The van der Waals surface area contributed by atoms with Crippen LogP contribution in [0.1, 0.15) is 25.0 Å². The molecule has 1 aliphatic carbocycles. The van der Waals surface area contributed by atoms with E-state index in [4.69, 9.17) is 0 Å². The highest BCUT2D eigenvalue weighted by atomic mass is 15.1. The zero-order valence-electron chi connectivity index (χ0n) is 29.9. The first-order chi connectivity index (χ1) is 26.1. The highest BCUT2D eigenvalue weighted by Gasteiger charge is 2.37. The molecular formula is C51H38N2. The van der Waals surface area contributed by atoms with Crippen molar-refractivity contribution in [3.63, 3.8) is 0 Å². The minimum Gasteiger partial charge on any atom is -0.310 e. The maximum atomic E-state index is 2.44. The molecule has 8 aromatic carbocycles. The lowest BCUT2D eigenvalue weighted by Gasteiger charge is -2.29. The number of anilines is 3. The van der Waals surface area contributed by atoms with Gasteiger partial charge in [0.15, 0.2) is 0 Å². The van der Waals surface area contributed by atoms with Crippen LogP contribution in [0.5, 0.6) is 0 Å². The molecule has 0 saturated heterocycles. The molecule has 0 aliphatic heterocycles. The molecule has 0 radical (unpaired) electrons. The molecule has 1 heterocycles. The van der Waals surface area contributed by atoms with Crippen LogP contribution in [0, 0.1) is 0 Å². The Morgan fingerprint density at radius 2 is 0.906 bits per heavy atom. The molecule has 0 amide bonds. The second-order valence-corrected chi connectivity index (χ2v) is 14.6. The van der Waals surface area contributed by atoms with Gasteiger partial charge in [-0.25, -0.2) is 0 Å². The first-order valence-corrected chi connectivity index (χ1v) is 18.4. The summed E-state index contributed by atoms with van der Waals surface area (Å²) in [6, 6.07) is 70.8. The van der Waals surface area contributed by atoms with Crippen LogP contribution in [0.15, 0.2) is 194 Å². The fraction of sp³-hybridized carbons (Fsp3) is 0.0588. The predicted molar refractivity (Wildman–Crippen MR) is 224 cm³/mol. The lowest BCUT2D eigenvalue weighted by Crippen LogP contribution is -2.16.